The zero-order chi connectivity index (χ0) is 37.9. The molecule has 0 unspecified atom stereocenters. The Hall–Kier alpha value is -6.30. The van der Waals surface area contributed by atoms with Crippen LogP contribution in [0.2, 0.25) is 5.02 Å². The van der Waals surface area contributed by atoms with Gasteiger partial charge in [0.1, 0.15) is 23.2 Å². The van der Waals surface area contributed by atoms with Crippen LogP contribution in [0.5, 0.6) is 0 Å². The Bertz CT molecular complexity index is 2540. The number of fused-ring (bicyclic) bond motifs is 1. The largest absolute Gasteiger partial charge is 0.480 e. The number of amides is 1. The first-order valence-electron chi connectivity index (χ1n) is 15.6. The number of carbonyl (C=O) groups is 2. The zero-order valence-corrected chi connectivity index (χ0v) is 28.7. The van der Waals surface area contributed by atoms with Crippen LogP contribution in [0.3, 0.4) is 0 Å². The minimum atomic E-state index is -4.37. The molecule has 0 saturated carbocycles. The molecule has 0 saturated heterocycles. The first-order valence-corrected chi connectivity index (χ1v) is 17.5. The molecule has 2 heterocycles. The molecule has 53 heavy (non-hydrogen) atoms. The van der Waals surface area contributed by atoms with Gasteiger partial charge in [-0.25, -0.2) is 33.5 Å². The number of rotatable bonds is 11. The number of pyridine rings is 2. The van der Waals surface area contributed by atoms with Crippen molar-refractivity contribution in [3.8, 4) is 22.3 Å². The van der Waals surface area contributed by atoms with E-state index < -0.39 is 56.8 Å². The third-order valence-electron chi connectivity index (χ3n) is 8.22. The number of nitrogens with one attached hydrogen (secondary N) is 2. The van der Waals surface area contributed by atoms with Gasteiger partial charge < -0.3 is 15.3 Å². The fraction of sp³-hybridized carbons (Fsp3) is 0.0789. The van der Waals surface area contributed by atoms with Crippen molar-refractivity contribution in [3.05, 3.63) is 154 Å². The predicted octanol–water partition coefficient (Wildman–Crippen LogP) is 7.68. The number of halogens is 4. The highest BCUT2D eigenvalue weighted by atomic mass is 35.5. The Morgan fingerprint density at radius 2 is 1.58 bits per heavy atom. The molecule has 0 radical (unpaired) electrons. The highest BCUT2D eigenvalue weighted by Crippen LogP contribution is 2.35. The highest BCUT2D eigenvalue weighted by Gasteiger charge is 2.27. The summed E-state index contributed by atoms with van der Waals surface area (Å²) in [4.78, 5) is 36.5. The predicted molar refractivity (Wildman–Crippen MR) is 192 cm³/mol. The van der Waals surface area contributed by atoms with E-state index in [1.54, 1.807) is 48.7 Å². The molecule has 0 aliphatic heterocycles. The lowest BCUT2D eigenvalue weighted by molar-refractivity contribution is -0.139. The number of hydrogen-bond donors (Lipinski definition) is 3. The average Bonchev–Trinajstić information content (AvgIpc) is 3.11. The van der Waals surface area contributed by atoms with Crippen LogP contribution in [0.1, 0.15) is 21.5 Å². The molecule has 6 aromatic rings. The van der Waals surface area contributed by atoms with Crippen LogP contribution in [0.15, 0.2) is 108 Å². The molecule has 3 N–H and O–H groups in total. The molecule has 15 heteroatoms. The van der Waals surface area contributed by atoms with E-state index in [-0.39, 0.29) is 17.9 Å². The first-order chi connectivity index (χ1) is 25.3. The number of aromatic nitrogens is 2. The van der Waals surface area contributed by atoms with Gasteiger partial charge in [-0.3, -0.25) is 14.5 Å². The van der Waals surface area contributed by atoms with Gasteiger partial charge in [-0.15, -0.1) is 0 Å². The molecule has 0 bridgehead atoms. The maximum absolute atomic E-state index is 15.3. The lowest BCUT2D eigenvalue weighted by atomic mass is 9.94. The van der Waals surface area contributed by atoms with Crippen LogP contribution in [-0.2, 0) is 27.8 Å². The van der Waals surface area contributed by atoms with Gasteiger partial charge in [-0.05, 0) is 59.2 Å². The Labute approximate surface area is 305 Å². The summed E-state index contributed by atoms with van der Waals surface area (Å²) in [5, 5.41) is 13.1. The van der Waals surface area contributed by atoms with E-state index in [9.17, 15) is 27.5 Å². The van der Waals surface area contributed by atoms with Crippen LogP contribution in [0.25, 0.3) is 38.0 Å². The molecule has 2 aromatic heterocycles. The molecule has 0 fully saturated rings. The molecule has 6 rings (SSSR count). The second-order valence-electron chi connectivity index (χ2n) is 11.7. The van der Waals surface area contributed by atoms with Crippen LogP contribution < -0.4 is 10.0 Å². The molecule has 1 atom stereocenters. The van der Waals surface area contributed by atoms with Gasteiger partial charge in [-0.2, -0.15) is 4.39 Å². The second kappa shape index (κ2) is 15.1. The van der Waals surface area contributed by atoms with E-state index in [0.717, 1.165) is 5.56 Å². The number of carbonyl (C=O) groups excluding carboxylic acids is 1. The SMILES string of the molecule is [C-]#[N+]Cc1ccc(-c2ccc(C[C@H](NC(=O)c3c(F)cc(NS(=O)(=O)c4ccc(-c5ccnc(F)c5)cc4)cc3F)C(=O)O)c3cccnc23)c(Cl)c1. The summed E-state index contributed by atoms with van der Waals surface area (Å²) in [5.41, 5.74) is 2.22. The van der Waals surface area contributed by atoms with Crippen LogP contribution in [0, 0.1) is 24.2 Å². The number of sulfonamides is 1. The van der Waals surface area contributed by atoms with Crippen molar-refractivity contribution in [1.82, 2.24) is 15.3 Å². The van der Waals surface area contributed by atoms with Crippen molar-refractivity contribution < 1.29 is 36.3 Å². The maximum Gasteiger partial charge on any atom is 0.326 e. The van der Waals surface area contributed by atoms with Gasteiger partial charge >= 0.3 is 5.97 Å². The van der Waals surface area contributed by atoms with E-state index in [1.807, 2.05) is 0 Å². The van der Waals surface area contributed by atoms with E-state index in [0.29, 0.717) is 55.9 Å². The van der Waals surface area contributed by atoms with Gasteiger partial charge in [0.05, 0.1) is 16.1 Å². The lowest BCUT2D eigenvalue weighted by Gasteiger charge is -2.18. The molecule has 0 spiro atoms. The molecule has 0 aliphatic carbocycles. The minimum absolute atomic E-state index is 0.159. The molecule has 4 aromatic carbocycles. The van der Waals surface area contributed by atoms with Gasteiger partial charge in [0.2, 0.25) is 12.5 Å². The Morgan fingerprint density at radius 1 is 0.868 bits per heavy atom. The monoisotopic (exact) mass is 755 g/mol. The summed E-state index contributed by atoms with van der Waals surface area (Å²) >= 11 is 6.54. The summed E-state index contributed by atoms with van der Waals surface area (Å²) < 4.78 is 72.1. The summed E-state index contributed by atoms with van der Waals surface area (Å²) in [5.74, 6) is -6.48. The molecule has 10 nitrogen and oxygen atoms in total. The summed E-state index contributed by atoms with van der Waals surface area (Å²) in [7, 11) is -4.37. The van der Waals surface area contributed by atoms with Crippen LogP contribution in [-0.4, -0.2) is 41.4 Å². The number of carboxylic acids is 1. The van der Waals surface area contributed by atoms with Crippen molar-refractivity contribution >= 4 is 50.1 Å². The van der Waals surface area contributed by atoms with Crippen molar-refractivity contribution in [2.24, 2.45) is 0 Å². The average molecular weight is 756 g/mol. The third-order valence-corrected chi connectivity index (χ3v) is 9.93. The Morgan fingerprint density at radius 3 is 2.25 bits per heavy atom. The number of nitrogens with zero attached hydrogens (tertiary/aromatic N) is 3. The van der Waals surface area contributed by atoms with Crippen molar-refractivity contribution in [2.45, 2.75) is 23.9 Å². The first kappa shape index (κ1) is 36.5. The second-order valence-corrected chi connectivity index (χ2v) is 13.8. The van der Waals surface area contributed by atoms with Gasteiger partial charge in [-0.1, -0.05) is 54.1 Å². The van der Waals surface area contributed by atoms with Crippen molar-refractivity contribution in [2.75, 3.05) is 4.72 Å². The van der Waals surface area contributed by atoms with Gasteiger partial charge in [0.25, 0.3) is 15.9 Å². The lowest BCUT2D eigenvalue weighted by Crippen LogP contribution is -2.43. The fourth-order valence-electron chi connectivity index (χ4n) is 5.72. The van der Waals surface area contributed by atoms with Gasteiger partial charge in [0, 0.05) is 52.0 Å². The normalized spacial score (nSPS) is 11.8. The molecular formula is C38H25ClF3N5O5S. The molecular weight excluding hydrogens is 731 g/mol. The number of aliphatic carboxylic acids is 1. The number of benzene rings is 4. The Balaban J connectivity index is 1.20. The third kappa shape index (κ3) is 7.96. The standard InChI is InChI=1S/C38H25ClF3N5O5S/c1-43-20-21-4-10-28(30(39)15-21)29-11-7-24(27-3-2-13-45-36(27)29)16-33(38(49)50)46-37(48)35-31(40)18-25(19-32(35)41)47-53(51,52)26-8-5-22(6-9-26)23-12-14-44-34(42)17-23/h2-15,17-19,33,47H,16,20H2,(H,46,48)(H,49,50)/t33-/m0/s1. The van der Waals surface area contributed by atoms with Crippen molar-refractivity contribution in [3.63, 3.8) is 0 Å². The fourth-order valence-corrected chi connectivity index (χ4v) is 7.06. The van der Waals surface area contributed by atoms with Crippen LogP contribution in [0.4, 0.5) is 18.9 Å². The van der Waals surface area contributed by atoms with E-state index >= 15 is 8.78 Å². The molecule has 1 amide bonds. The quantitative estimate of drug-likeness (QED) is 0.0910. The smallest absolute Gasteiger partial charge is 0.326 e. The minimum Gasteiger partial charge on any atom is -0.480 e. The number of carboxylic acid groups (broad SMARTS) is 1. The van der Waals surface area contributed by atoms with Crippen LogP contribution >= 0.6 is 11.6 Å². The molecule has 0 aliphatic rings. The van der Waals surface area contributed by atoms with Gasteiger partial charge in [0.15, 0.2) is 0 Å². The summed E-state index contributed by atoms with van der Waals surface area (Å²) in [6.45, 7) is 7.25. The molecule has 266 valence electrons. The summed E-state index contributed by atoms with van der Waals surface area (Å²) in [6, 6.07) is 19.4. The topological polar surface area (TPSA) is 143 Å². The summed E-state index contributed by atoms with van der Waals surface area (Å²) in [6.07, 6.45) is 2.51. The number of anilines is 1. The highest BCUT2D eigenvalue weighted by molar-refractivity contribution is 7.92. The van der Waals surface area contributed by atoms with E-state index in [2.05, 4.69) is 24.9 Å². The number of hydrogen-bond acceptors (Lipinski definition) is 6. The maximum atomic E-state index is 15.3. The zero-order valence-electron chi connectivity index (χ0n) is 27.1. The van der Waals surface area contributed by atoms with Crippen molar-refractivity contribution in [1.29, 1.82) is 0 Å². The van der Waals surface area contributed by atoms with E-state index in [1.165, 1.54) is 42.6 Å². The van der Waals surface area contributed by atoms with E-state index in [4.69, 9.17) is 18.2 Å². The Kier molecular flexibility index (Phi) is 10.4.